The second-order valence-electron chi connectivity index (χ2n) is 7.73. The molecule has 1 fully saturated rings. The van der Waals surface area contributed by atoms with Gasteiger partial charge >= 0.3 is 5.97 Å². The van der Waals surface area contributed by atoms with Gasteiger partial charge in [0.05, 0.1) is 18.6 Å². The molecule has 2 aromatic carbocycles. The molecule has 0 radical (unpaired) electrons. The molecule has 0 heterocycles. The van der Waals surface area contributed by atoms with E-state index in [1.165, 1.54) is 31.4 Å². The Hall–Kier alpha value is -3.22. The lowest BCUT2D eigenvalue weighted by Gasteiger charge is -2.40. The van der Waals surface area contributed by atoms with Gasteiger partial charge in [-0.05, 0) is 62.2 Å². The van der Waals surface area contributed by atoms with Crippen LogP contribution in [0.1, 0.15) is 53.3 Å². The highest BCUT2D eigenvalue weighted by molar-refractivity contribution is 6.05. The minimum atomic E-state index is -0.699. The largest absolute Gasteiger partial charge is 0.469 e. The summed E-state index contributed by atoms with van der Waals surface area (Å²) in [6.07, 6.45) is 3.17. The van der Waals surface area contributed by atoms with Crippen molar-refractivity contribution in [1.82, 2.24) is 5.32 Å². The third-order valence-corrected chi connectivity index (χ3v) is 5.58. The third-order valence-electron chi connectivity index (χ3n) is 5.58. The van der Waals surface area contributed by atoms with Crippen molar-refractivity contribution < 1.29 is 23.5 Å². The molecular weight excluding hydrogens is 387 g/mol. The number of anilines is 1. The highest BCUT2D eigenvalue weighted by Gasteiger charge is 2.42. The van der Waals surface area contributed by atoms with Gasteiger partial charge in [-0.25, -0.2) is 4.39 Å². The number of amides is 2. The van der Waals surface area contributed by atoms with E-state index in [1.807, 2.05) is 6.92 Å². The third kappa shape index (κ3) is 4.84. The molecule has 0 bridgehead atoms. The van der Waals surface area contributed by atoms with Gasteiger partial charge in [-0.15, -0.1) is 0 Å². The minimum absolute atomic E-state index is 0.307. The molecule has 0 aromatic heterocycles. The van der Waals surface area contributed by atoms with Gasteiger partial charge in [0.2, 0.25) is 0 Å². The minimum Gasteiger partial charge on any atom is -0.469 e. The smallest absolute Gasteiger partial charge is 0.311 e. The summed E-state index contributed by atoms with van der Waals surface area (Å²) in [6.45, 7) is 1.87. The molecule has 2 atom stereocenters. The molecule has 1 saturated carbocycles. The fraction of sp³-hybridized carbons (Fsp3) is 0.348. The van der Waals surface area contributed by atoms with E-state index in [-0.39, 0.29) is 11.9 Å². The SMILES string of the molecule is COC(=O)[C@H]1CCCC[C@]1(C)NC(=O)c1cccc(NC(=O)c2ccc(F)cc2)c1. The zero-order valence-electron chi connectivity index (χ0n) is 17.0. The van der Waals surface area contributed by atoms with Gasteiger partial charge in [-0.1, -0.05) is 18.9 Å². The maximum absolute atomic E-state index is 13.0. The summed E-state index contributed by atoms with van der Waals surface area (Å²) >= 11 is 0. The molecule has 0 aliphatic heterocycles. The van der Waals surface area contributed by atoms with Gasteiger partial charge in [-0.2, -0.15) is 0 Å². The quantitative estimate of drug-likeness (QED) is 0.729. The summed E-state index contributed by atoms with van der Waals surface area (Å²) in [5.74, 6) is -1.88. The molecule has 0 spiro atoms. The molecule has 0 saturated heterocycles. The Morgan fingerprint density at radius 3 is 2.47 bits per heavy atom. The molecule has 3 rings (SSSR count). The average Bonchev–Trinajstić information content (AvgIpc) is 2.74. The van der Waals surface area contributed by atoms with Crippen molar-refractivity contribution in [2.24, 2.45) is 5.92 Å². The fourth-order valence-corrected chi connectivity index (χ4v) is 3.88. The number of nitrogens with one attached hydrogen (secondary N) is 2. The average molecular weight is 412 g/mol. The van der Waals surface area contributed by atoms with Crippen LogP contribution in [0.3, 0.4) is 0 Å². The molecule has 2 N–H and O–H groups in total. The van der Waals surface area contributed by atoms with Crippen molar-refractivity contribution >= 4 is 23.5 Å². The first-order valence-corrected chi connectivity index (χ1v) is 9.90. The summed E-state index contributed by atoms with van der Waals surface area (Å²) in [7, 11) is 1.35. The first-order chi connectivity index (χ1) is 14.3. The number of ether oxygens (including phenoxy) is 1. The van der Waals surface area contributed by atoms with E-state index < -0.39 is 23.2 Å². The summed E-state index contributed by atoms with van der Waals surface area (Å²) in [4.78, 5) is 37.4. The maximum atomic E-state index is 13.0. The Morgan fingerprint density at radius 1 is 1.03 bits per heavy atom. The lowest BCUT2D eigenvalue weighted by molar-refractivity contribution is -0.149. The van der Waals surface area contributed by atoms with Crippen molar-refractivity contribution in [3.63, 3.8) is 0 Å². The predicted octanol–water partition coefficient (Wildman–Crippen LogP) is 3.93. The van der Waals surface area contributed by atoms with Crippen LogP contribution >= 0.6 is 0 Å². The van der Waals surface area contributed by atoms with E-state index in [1.54, 1.807) is 24.3 Å². The van der Waals surface area contributed by atoms with Crippen molar-refractivity contribution in [2.75, 3.05) is 12.4 Å². The van der Waals surface area contributed by atoms with Crippen LogP contribution in [0.4, 0.5) is 10.1 Å². The highest BCUT2D eigenvalue weighted by Crippen LogP contribution is 2.34. The second kappa shape index (κ2) is 9.07. The number of hydrogen-bond donors (Lipinski definition) is 2. The normalized spacial score (nSPS) is 20.8. The summed E-state index contributed by atoms with van der Waals surface area (Å²) in [5, 5.41) is 5.71. The summed E-state index contributed by atoms with van der Waals surface area (Å²) in [5.41, 5.74) is 0.412. The van der Waals surface area contributed by atoms with Gasteiger partial charge in [-0.3, -0.25) is 14.4 Å². The van der Waals surface area contributed by atoms with Crippen LogP contribution in [0.15, 0.2) is 48.5 Å². The van der Waals surface area contributed by atoms with Crippen LogP contribution < -0.4 is 10.6 Å². The zero-order valence-corrected chi connectivity index (χ0v) is 17.0. The number of carbonyl (C=O) groups is 3. The van der Waals surface area contributed by atoms with Gasteiger partial charge < -0.3 is 15.4 Å². The number of halogens is 1. The molecule has 30 heavy (non-hydrogen) atoms. The molecule has 158 valence electrons. The molecule has 0 unspecified atom stereocenters. The number of hydrogen-bond acceptors (Lipinski definition) is 4. The van der Waals surface area contributed by atoms with Crippen LogP contribution in [-0.4, -0.2) is 30.4 Å². The van der Waals surface area contributed by atoms with Gasteiger partial charge in [0.1, 0.15) is 5.82 Å². The van der Waals surface area contributed by atoms with Gasteiger partial charge in [0, 0.05) is 16.8 Å². The molecule has 7 heteroatoms. The Bertz CT molecular complexity index is 944. The lowest BCUT2D eigenvalue weighted by atomic mass is 9.73. The first-order valence-electron chi connectivity index (χ1n) is 9.90. The van der Waals surface area contributed by atoms with E-state index in [9.17, 15) is 18.8 Å². The number of carbonyl (C=O) groups excluding carboxylic acids is 3. The van der Waals surface area contributed by atoms with Crippen LogP contribution in [0.5, 0.6) is 0 Å². The van der Waals surface area contributed by atoms with Crippen LogP contribution in [0, 0.1) is 11.7 Å². The van der Waals surface area contributed by atoms with Crippen LogP contribution in [0.2, 0.25) is 0 Å². The molecule has 2 aromatic rings. The maximum Gasteiger partial charge on any atom is 0.311 e. The lowest BCUT2D eigenvalue weighted by Crippen LogP contribution is -2.55. The molecule has 2 amide bonds. The summed E-state index contributed by atoms with van der Waals surface area (Å²) < 4.78 is 18.0. The monoisotopic (exact) mass is 412 g/mol. The van der Waals surface area contributed by atoms with Crippen molar-refractivity contribution in [3.05, 3.63) is 65.5 Å². The second-order valence-corrected chi connectivity index (χ2v) is 7.73. The Morgan fingerprint density at radius 2 is 1.77 bits per heavy atom. The summed E-state index contributed by atoms with van der Waals surface area (Å²) in [6, 6.07) is 11.7. The zero-order chi connectivity index (χ0) is 21.7. The molecule has 1 aliphatic carbocycles. The fourth-order valence-electron chi connectivity index (χ4n) is 3.88. The van der Waals surface area contributed by atoms with E-state index in [0.717, 1.165) is 12.8 Å². The Kier molecular flexibility index (Phi) is 6.50. The number of methoxy groups -OCH3 is 1. The van der Waals surface area contributed by atoms with E-state index in [0.29, 0.717) is 29.7 Å². The number of benzene rings is 2. The topological polar surface area (TPSA) is 84.5 Å². The predicted molar refractivity (Wildman–Crippen MR) is 111 cm³/mol. The highest BCUT2D eigenvalue weighted by atomic mass is 19.1. The van der Waals surface area contributed by atoms with Gasteiger partial charge in [0.25, 0.3) is 11.8 Å². The standard InChI is InChI=1S/C23H25FN2O4/c1-23(13-4-3-8-19(23)22(29)30-2)26-21(28)16-6-5-7-18(14-16)25-20(27)15-9-11-17(24)12-10-15/h5-7,9-12,14,19H,3-4,8,13H2,1-2H3,(H,25,27)(H,26,28)/t19-,23+/m1/s1. The number of esters is 1. The Labute approximate surface area is 174 Å². The van der Waals surface area contributed by atoms with Crippen molar-refractivity contribution in [1.29, 1.82) is 0 Å². The van der Waals surface area contributed by atoms with E-state index in [4.69, 9.17) is 4.74 Å². The first kappa shape index (κ1) is 21.5. The Balaban J connectivity index is 1.73. The van der Waals surface area contributed by atoms with Gasteiger partial charge in [0.15, 0.2) is 0 Å². The van der Waals surface area contributed by atoms with Crippen LogP contribution in [0.25, 0.3) is 0 Å². The van der Waals surface area contributed by atoms with E-state index in [2.05, 4.69) is 10.6 Å². The van der Waals surface area contributed by atoms with Crippen molar-refractivity contribution in [3.8, 4) is 0 Å². The molecular formula is C23H25FN2O4. The van der Waals surface area contributed by atoms with E-state index >= 15 is 0 Å². The van der Waals surface area contributed by atoms with Crippen molar-refractivity contribution in [2.45, 2.75) is 38.1 Å². The molecule has 6 nitrogen and oxygen atoms in total. The van der Waals surface area contributed by atoms with Crippen LogP contribution in [-0.2, 0) is 9.53 Å². The number of rotatable bonds is 5. The molecule has 1 aliphatic rings.